The molecule has 5 nitrogen and oxygen atoms in total. The van der Waals surface area contributed by atoms with Gasteiger partial charge < -0.3 is 19.2 Å². The summed E-state index contributed by atoms with van der Waals surface area (Å²) in [5.41, 5.74) is 1.37. The third-order valence-electron chi connectivity index (χ3n) is 4.80. The van der Waals surface area contributed by atoms with E-state index in [4.69, 9.17) is 22.2 Å². The number of carbonyl (C=O) groups is 1. The maximum atomic E-state index is 12.6. The first-order valence-corrected chi connectivity index (χ1v) is 7.99. The Kier molecular flexibility index (Phi) is 4.25. The van der Waals surface area contributed by atoms with Gasteiger partial charge in [-0.15, -0.1) is 0 Å². The van der Waals surface area contributed by atoms with E-state index in [2.05, 4.69) is 0 Å². The Bertz CT molecular complexity index is 1080. The summed E-state index contributed by atoms with van der Waals surface area (Å²) in [7, 11) is 5.26. The van der Waals surface area contributed by atoms with Crippen LogP contribution >= 0.6 is 0 Å². The van der Waals surface area contributed by atoms with Gasteiger partial charge in [0.05, 0.1) is 5.56 Å². The van der Waals surface area contributed by atoms with Gasteiger partial charge in [-0.05, 0) is 30.3 Å². The van der Waals surface area contributed by atoms with Crippen molar-refractivity contribution in [1.29, 1.82) is 0 Å². The molecule has 2 aliphatic rings. The van der Waals surface area contributed by atoms with Crippen molar-refractivity contribution >= 4 is 14.0 Å². The molecule has 1 spiro atoms. The molecule has 2 radical (unpaired) electrons. The van der Waals surface area contributed by atoms with Gasteiger partial charge in [0.2, 0.25) is 0 Å². The number of carbonyl (C=O) groups excluding carboxylic acids is 1. The van der Waals surface area contributed by atoms with E-state index in [1.807, 2.05) is 12.1 Å². The van der Waals surface area contributed by atoms with E-state index in [0.717, 1.165) is 5.56 Å². The Hall–Kier alpha value is -2.35. The van der Waals surface area contributed by atoms with Crippen molar-refractivity contribution in [2.45, 2.75) is 5.60 Å². The summed E-state index contributed by atoms with van der Waals surface area (Å²) in [6.07, 6.45) is 0. The van der Waals surface area contributed by atoms with Crippen LogP contribution in [0.1, 0.15) is 27.0 Å². The summed E-state index contributed by atoms with van der Waals surface area (Å²) in [5, 5.41) is 9.88. The Morgan fingerprint density at radius 1 is 0.926 bits per heavy atom. The van der Waals surface area contributed by atoms with Gasteiger partial charge in [-0.25, -0.2) is 4.79 Å². The first-order chi connectivity index (χ1) is 12.6. The molecule has 2 aliphatic heterocycles. The molecular formula is C20H11BO5U. The third-order valence-corrected chi connectivity index (χ3v) is 4.80. The number of aromatic hydroxyl groups is 1. The number of phenolic OH excluding ortho intramolecular Hbond substituents is 1. The second kappa shape index (κ2) is 6.37. The van der Waals surface area contributed by atoms with Crippen LogP contribution in [0.3, 0.4) is 0 Å². The average molecular weight is 580 g/mol. The normalized spacial score (nSPS) is 18.4. The van der Waals surface area contributed by atoms with Crippen molar-refractivity contribution in [3.8, 4) is 23.0 Å². The second-order valence-electron chi connectivity index (χ2n) is 6.17. The molecule has 0 amide bonds. The Morgan fingerprint density at radius 3 is 2.41 bits per heavy atom. The standard InChI is InChI=1S/C20H11BO5.U/c21-26-12-6-8-16-18(10-12)24-17-9-11(22)5-7-15(17)20(16)14-4-2-1-3-13(14)19(23)25-20;/h1-10,22H;. The van der Waals surface area contributed by atoms with E-state index >= 15 is 0 Å². The van der Waals surface area contributed by atoms with E-state index in [1.54, 1.807) is 42.5 Å². The van der Waals surface area contributed by atoms with Crippen molar-refractivity contribution < 1.29 is 55.1 Å². The fraction of sp³-hybridized carbons (Fsp3) is 0.0500. The topological polar surface area (TPSA) is 65.0 Å². The molecule has 0 fully saturated rings. The molecule has 1 atom stereocenters. The molecule has 0 bridgehead atoms. The van der Waals surface area contributed by atoms with E-state index in [0.29, 0.717) is 33.9 Å². The minimum atomic E-state index is -1.16. The van der Waals surface area contributed by atoms with Crippen molar-refractivity contribution in [2.75, 3.05) is 0 Å². The first-order valence-electron chi connectivity index (χ1n) is 7.99. The van der Waals surface area contributed by atoms with Gasteiger partial charge in [0, 0.05) is 59.9 Å². The number of benzene rings is 3. The molecule has 27 heavy (non-hydrogen) atoms. The summed E-state index contributed by atoms with van der Waals surface area (Å²) in [4.78, 5) is 12.6. The van der Waals surface area contributed by atoms with E-state index < -0.39 is 11.6 Å². The molecule has 7 heteroatoms. The molecule has 3 aromatic rings. The molecule has 5 rings (SSSR count). The number of fused-ring (bicyclic) bond motifs is 6. The Morgan fingerprint density at radius 2 is 1.63 bits per heavy atom. The number of ether oxygens (including phenoxy) is 2. The van der Waals surface area contributed by atoms with E-state index in [9.17, 15) is 9.90 Å². The third kappa shape index (κ3) is 2.42. The first kappa shape index (κ1) is 18.0. The largest absolute Gasteiger partial charge is 0.568 e. The van der Waals surface area contributed by atoms with Crippen LogP contribution in [0.15, 0.2) is 60.7 Å². The molecule has 1 N–H and O–H groups in total. The molecule has 128 valence electrons. The van der Waals surface area contributed by atoms with Crippen LogP contribution in [0.4, 0.5) is 0 Å². The molecule has 1 unspecified atom stereocenters. The zero-order valence-corrected chi connectivity index (χ0v) is 18.1. The van der Waals surface area contributed by atoms with Crippen molar-refractivity contribution in [1.82, 2.24) is 0 Å². The van der Waals surface area contributed by atoms with Crippen molar-refractivity contribution in [3.05, 3.63) is 82.9 Å². The summed E-state index contributed by atoms with van der Waals surface area (Å²) >= 11 is 0. The van der Waals surface area contributed by atoms with Crippen LogP contribution in [0.25, 0.3) is 0 Å². The molecule has 0 aliphatic carbocycles. The van der Waals surface area contributed by atoms with Gasteiger partial charge in [-0.1, -0.05) is 18.2 Å². The van der Waals surface area contributed by atoms with E-state index in [1.165, 1.54) is 6.07 Å². The predicted molar refractivity (Wildman–Crippen MR) is 92.7 cm³/mol. The SMILES string of the molecule is [B]Oc1ccc2c(c1)Oc1cc(O)ccc1C21OC(=O)c2ccccc21.[U]. The van der Waals surface area contributed by atoms with Crippen LogP contribution in [0.2, 0.25) is 0 Å². The smallest absolute Gasteiger partial charge is 0.374 e. The molecular weight excluding hydrogens is 569 g/mol. The van der Waals surface area contributed by atoms with Gasteiger partial charge in [0.15, 0.2) is 5.60 Å². The molecule has 0 saturated carbocycles. The minimum absolute atomic E-state index is 0. The van der Waals surface area contributed by atoms with Crippen LogP contribution in [0, 0.1) is 31.1 Å². The van der Waals surface area contributed by atoms with Crippen LogP contribution in [-0.2, 0) is 10.3 Å². The van der Waals surface area contributed by atoms with Crippen molar-refractivity contribution in [2.24, 2.45) is 0 Å². The molecule has 0 saturated heterocycles. The maximum absolute atomic E-state index is 12.6. The fourth-order valence-corrected chi connectivity index (χ4v) is 3.72. The Balaban J connectivity index is 0.00000180. The number of rotatable bonds is 1. The zero-order valence-electron chi connectivity index (χ0n) is 13.9. The second-order valence-corrected chi connectivity index (χ2v) is 6.17. The number of hydrogen-bond acceptors (Lipinski definition) is 5. The summed E-state index contributed by atoms with van der Waals surface area (Å²) in [6.45, 7) is 0. The van der Waals surface area contributed by atoms with Crippen molar-refractivity contribution in [3.63, 3.8) is 0 Å². The average Bonchev–Trinajstić information content (AvgIpc) is 2.95. The Labute approximate surface area is 180 Å². The number of esters is 1. The van der Waals surface area contributed by atoms with E-state index in [-0.39, 0.29) is 36.9 Å². The summed E-state index contributed by atoms with van der Waals surface area (Å²) < 4.78 is 16.7. The van der Waals surface area contributed by atoms with Gasteiger partial charge in [0.25, 0.3) is 0 Å². The monoisotopic (exact) mass is 580 g/mol. The van der Waals surface area contributed by atoms with Crippen LogP contribution in [-0.4, -0.2) is 19.1 Å². The van der Waals surface area contributed by atoms with Gasteiger partial charge in [-0.2, -0.15) is 0 Å². The number of phenols is 1. The summed E-state index contributed by atoms with van der Waals surface area (Å²) in [6, 6.07) is 17.1. The predicted octanol–water partition coefficient (Wildman–Crippen LogP) is 3.42. The minimum Gasteiger partial charge on any atom is -0.568 e. The molecule has 2 heterocycles. The van der Waals surface area contributed by atoms with Gasteiger partial charge in [-0.3, -0.25) is 0 Å². The van der Waals surface area contributed by atoms with Gasteiger partial charge >= 0.3 is 14.0 Å². The quantitative estimate of drug-likeness (QED) is 0.354. The molecule has 3 aromatic carbocycles. The summed E-state index contributed by atoms with van der Waals surface area (Å²) in [5.74, 6) is 0.879. The van der Waals surface area contributed by atoms with Gasteiger partial charge in [0.1, 0.15) is 23.0 Å². The number of hydrogen-bond donors (Lipinski definition) is 1. The van der Waals surface area contributed by atoms with Crippen LogP contribution < -0.4 is 9.39 Å². The molecule has 0 aromatic heterocycles. The van der Waals surface area contributed by atoms with Crippen LogP contribution in [0.5, 0.6) is 23.0 Å². The zero-order chi connectivity index (χ0) is 17.9. The fourth-order valence-electron chi connectivity index (χ4n) is 3.72. The maximum Gasteiger partial charge on any atom is 0.374 e.